The summed E-state index contributed by atoms with van der Waals surface area (Å²) in [6.45, 7) is 0.722. The van der Waals surface area contributed by atoms with E-state index in [9.17, 15) is 4.39 Å². The third-order valence-electron chi connectivity index (χ3n) is 4.44. The molecule has 0 saturated heterocycles. The molecule has 112 valence electrons. The summed E-state index contributed by atoms with van der Waals surface area (Å²) in [5, 5.41) is 0. The van der Waals surface area contributed by atoms with Gasteiger partial charge in [-0.2, -0.15) is 0 Å². The van der Waals surface area contributed by atoms with E-state index in [2.05, 4.69) is 0 Å². The molecule has 0 spiro atoms. The number of ether oxygens (including phenoxy) is 2. The minimum absolute atomic E-state index is 0.210. The van der Waals surface area contributed by atoms with E-state index >= 15 is 0 Å². The number of rotatable bonds is 5. The second kappa shape index (κ2) is 6.55. The summed E-state index contributed by atoms with van der Waals surface area (Å²) in [5.74, 6) is 0.397. The van der Waals surface area contributed by atoms with Crippen LogP contribution in [0.25, 0.3) is 0 Å². The molecule has 0 unspecified atom stereocenters. The predicted molar refractivity (Wildman–Crippen MR) is 77.5 cm³/mol. The largest absolute Gasteiger partial charge is 0.496 e. The van der Waals surface area contributed by atoms with Crippen LogP contribution in [0.3, 0.4) is 0 Å². The first-order chi connectivity index (χ1) is 9.68. The predicted octanol–water partition coefficient (Wildman–Crippen LogP) is 3.14. The highest BCUT2D eigenvalue weighted by Gasteiger charge is 2.38. The van der Waals surface area contributed by atoms with Crippen molar-refractivity contribution in [3.05, 3.63) is 29.1 Å². The van der Waals surface area contributed by atoms with Crippen molar-refractivity contribution in [2.24, 2.45) is 5.73 Å². The Balaban J connectivity index is 2.53. The van der Waals surface area contributed by atoms with Crippen LogP contribution in [0.2, 0.25) is 0 Å². The maximum absolute atomic E-state index is 14.9. The van der Waals surface area contributed by atoms with Crippen molar-refractivity contribution >= 4 is 0 Å². The lowest BCUT2D eigenvalue weighted by Crippen LogP contribution is -2.38. The summed E-state index contributed by atoms with van der Waals surface area (Å²) >= 11 is 0. The third-order valence-corrected chi connectivity index (χ3v) is 4.44. The molecule has 1 aliphatic rings. The molecular weight excluding hydrogens is 257 g/mol. The first-order valence-electron chi connectivity index (χ1n) is 7.23. The van der Waals surface area contributed by atoms with Crippen molar-refractivity contribution in [1.29, 1.82) is 0 Å². The zero-order valence-corrected chi connectivity index (χ0v) is 12.4. The fourth-order valence-corrected chi connectivity index (χ4v) is 3.32. The average molecular weight is 281 g/mol. The van der Waals surface area contributed by atoms with E-state index in [1.54, 1.807) is 20.3 Å². The van der Waals surface area contributed by atoms with E-state index in [-0.39, 0.29) is 17.8 Å². The molecule has 2 rings (SSSR count). The van der Waals surface area contributed by atoms with Gasteiger partial charge in [0, 0.05) is 30.2 Å². The quantitative estimate of drug-likeness (QED) is 0.901. The Hall–Kier alpha value is -1.13. The number of halogens is 1. The van der Waals surface area contributed by atoms with Gasteiger partial charge in [0.2, 0.25) is 0 Å². The standard InChI is InChI=1S/C16H24FNO2/c1-19-10-12-6-7-13(20-2)14(15(12)17)16(11-18)8-4-3-5-9-16/h6-7H,3-5,8-11,18H2,1-2H3. The van der Waals surface area contributed by atoms with Gasteiger partial charge in [-0.3, -0.25) is 0 Å². The fourth-order valence-electron chi connectivity index (χ4n) is 3.32. The van der Waals surface area contributed by atoms with Crippen LogP contribution in [-0.4, -0.2) is 20.8 Å². The van der Waals surface area contributed by atoms with Crippen molar-refractivity contribution in [2.75, 3.05) is 20.8 Å². The summed E-state index contributed by atoms with van der Waals surface area (Å²) in [5.41, 5.74) is 6.96. The average Bonchev–Trinajstić information content (AvgIpc) is 2.50. The van der Waals surface area contributed by atoms with Gasteiger partial charge in [-0.15, -0.1) is 0 Å². The topological polar surface area (TPSA) is 44.5 Å². The number of hydrogen-bond donors (Lipinski definition) is 1. The van der Waals surface area contributed by atoms with Crippen LogP contribution >= 0.6 is 0 Å². The first kappa shape index (κ1) is 15.3. The second-order valence-corrected chi connectivity index (χ2v) is 5.59. The van der Waals surface area contributed by atoms with Crippen molar-refractivity contribution in [3.63, 3.8) is 0 Å². The highest BCUT2D eigenvalue weighted by atomic mass is 19.1. The van der Waals surface area contributed by atoms with Gasteiger partial charge in [0.25, 0.3) is 0 Å². The van der Waals surface area contributed by atoms with Crippen LogP contribution in [0.4, 0.5) is 4.39 Å². The first-order valence-corrected chi connectivity index (χ1v) is 7.23. The van der Waals surface area contributed by atoms with Crippen LogP contribution < -0.4 is 10.5 Å². The molecule has 0 atom stereocenters. The smallest absolute Gasteiger partial charge is 0.136 e. The Labute approximate surface area is 120 Å². The highest BCUT2D eigenvalue weighted by Crippen LogP contribution is 2.44. The van der Waals surface area contributed by atoms with Gasteiger partial charge in [-0.1, -0.05) is 25.3 Å². The van der Waals surface area contributed by atoms with Crippen LogP contribution in [0.15, 0.2) is 12.1 Å². The van der Waals surface area contributed by atoms with Crippen molar-refractivity contribution in [1.82, 2.24) is 0 Å². The second-order valence-electron chi connectivity index (χ2n) is 5.59. The van der Waals surface area contributed by atoms with Gasteiger partial charge in [0.1, 0.15) is 11.6 Å². The minimum atomic E-state index is -0.294. The summed E-state index contributed by atoms with van der Waals surface area (Å²) in [4.78, 5) is 0. The maximum Gasteiger partial charge on any atom is 0.136 e. The molecule has 1 aromatic rings. The van der Waals surface area contributed by atoms with Gasteiger partial charge < -0.3 is 15.2 Å². The number of hydrogen-bond acceptors (Lipinski definition) is 3. The Morgan fingerprint density at radius 2 is 1.90 bits per heavy atom. The van der Waals surface area contributed by atoms with E-state index in [1.807, 2.05) is 6.07 Å². The van der Waals surface area contributed by atoms with E-state index in [1.165, 1.54) is 6.42 Å². The van der Waals surface area contributed by atoms with Crippen molar-refractivity contribution < 1.29 is 13.9 Å². The molecule has 0 heterocycles. The monoisotopic (exact) mass is 281 g/mol. The summed E-state index contributed by atoms with van der Waals surface area (Å²) in [6, 6.07) is 3.56. The fraction of sp³-hybridized carbons (Fsp3) is 0.625. The summed E-state index contributed by atoms with van der Waals surface area (Å²) in [7, 11) is 3.16. The number of benzene rings is 1. The Morgan fingerprint density at radius 1 is 1.20 bits per heavy atom. The molecule has 3 nitrogen and oxygen atoms in total. The van der Waals surface area contributed by atoms with Gasteiger partial charge in [0.05, 0.1) is 13.7 Å². The zero-order valence-electron chi connectivity index (χ0n) is 12.4. The molecule has 0 bridgehead atoms. The van der Waals surface area contributed by atoms with Gasteiger partial charge >= 0.3 is 0 Å². The van der Waals surface area contributed by atoms with E-state index in [0.29, 0.717) is 23.4 Å². The lowest BCUT2D eigenvalue weighted by molar-refractivity contribution is 0.180. The molecule has 0 aromatic heterocycles. The van der Waals surface area contributed by atoms with Crippen molar-refractivity contribution in [2.45, 2.75) is 44.1 Å². The van der Waals surface area contributed by atoms with Gasteiger partial charge in [0.15, 0.2) is 0 Å². The third kappa shape index (κ3) is 2.67. The number of methoxy groups -OCH3 is 2. The summed E-state index contributed by atoms with van der Waals surface area (Å²) in [6.07, 6.45) is 5.23. The SMILES string of the molecule is COCc1ccc(OC)c(C2(CN)CCCCC2)c1F. The van der Waals surface area contributed by atoms with E-state index in [0.717, 1.165) is 25.7 Å². The molecule has 20 heavy (non-hydrogen) atoms. The molecule has 1 aliphatic carbocycles. The highest BCUT2D eigenvalue weighted by molar-refractivity contribution is 5.44. The molecule has 2 N–H and O–H groups in total. The Bertz CT molecular complexity index is 456. The van der Waals surface area contributed by atoms with Gasteiger partial charge in [-0.25, -0.2) is 4.39 Å². The molecule has 1 saturated carbocycles. The Morgan fingerprint density at radius 3 is 2.45 bits per heavy atom. The summed E-state index contributed by atoms with van der Waals surface area (Å²) < 4.78 is 25.4. The lowest BCUT2D eigenvalue weighted by atomic mass is 9.68. The molecule has 0 amide bonds. The lowest BCUT2D eigenvalue weighted by Gasteiger charge is -2.38. The normalized spacial score (nSPS) is 18.0. The van der Waals surface area contributed by atoms with E-state index in [4.69, 9.17) is 15.2 Å². The molecule has 1 aromatic carbocycles. The van der Waals surface area contributed by atoms with Crippen LogP contribution in [-0.2, 0) is 16.8 Å². The van der Waals surface area contributed by atoms with Crippen LogP contribution in [0.1, 0.15) is 43.2 Å². The maximum atomic E-state index is 14.9. The van der Waals surface area contributed by atoms with E-state index < -0.39 is 0 Å². The molecular formula is C16H24FNO2. The molecule has 0 aliphatic heterocycles. The Kier molecular flexibility index (Phi) is 5.00. The van der Waals surface area contributed by atoms with Crippen molar-refractivity contribution in [3.8, 4) is 5.75 Å². The minimum Gasteiger partial charge on any atom is -0.496 e. The number of nitrogens with two attached hydrogens (primary N) is 1. The van der Waals surface area contributed by atoms with Crippen LogP contribution in [0, 0.1) is 5.82 Å². The molecule has 4 heteroatoms. The van der Waals surface area contributed by atoms with Crippen LogP contribution in [0.5, 0.6) is 5.75 Å². The molecule has 0 radical (unpaired) electrons. The van der Waals surface area contributed by atoms with Gasteiger partial charge in [-0.05, 0) is 18.9 Å². The zero-order chi connectivity index (χ0) is 14.6. The molecule has 1 fully saturated rings.